The molecule has 136 valence electrons. The highest BCUT2D eigenvalue weighted by Crippen LogP contribution is 2.32. The molecule has 5 nitrogen and oxygen atoms in total. The van der Waals surface area contributed by atoms with Gasteiger partial charge in [0.05, 0.1) is 16.8 Å². The maximum atomic E-state index is 12.6. The van der Waals surface area contributed by atoms with Gasteiger partial charge in [0.2, 0.25) is 0 Å². The van der Waals surface area contributed by atoms with E-state index in [1.165, 1.54) is 12.3 Å². The van der Waals surface area contributed by atoms with Crippen LogP contribution in [0.3, 0.4) is 0 Å². The zero-order valence-corrected chi connectivity index (χ0v) is 15.6. The van der Waals surface area contributed by atoms with E-state index in [1.54, 1.807) is 41.3 Å². The molecule has 2 amide bonds. The number of nitrogens with one attached hydrogen (secondary N) is 1. The third-order valence-electron chi connectivity index (χ3n) is 4.39. The van der Waals surface area contributed by atoms with Gasteiger partial charge in [-0.2, -0.15) is 0 Å². The maximum Gasteiger partial charge on any atom is 0.293 e. The van der Waals surface area contributed by atoms with Crippen molar-refractivity contribution in [3.05, 3.63) is 81.7 Å². The van der Waals surface area contributed by atoms with Crippen molar-refractivity contribution in [2.24, 2.45) is 0 Å². The minimum atomic E-state index is -0.371. The molecule has 0 saturated heterocycles. The first kappa shape index (κ1) is 17.6. The summed E-state index contributed by atoms with van der Waals surface area (Å²) in [4.78, 5) is 26.8. The summed E-state index contributed by atoms with van der Waals surface area (Å²) in [5.41, 5.74) is 2.64. The topological polar surface area (TPSA) is 62.6 Å². The molecule has 0 aliphatic carbocycles. The monoisotopic (exact) mass is 400 g/mol. The summed E-state index contributed by atoms with van der Waals surface area (Å²) in [7, 11) is 0. The van der Waals surface area contributed by atoms with Crippen LogP contribution in [-0.2, 0) is 6.42 Å². The molecule has 2 aromatic carbocycles. The molecule has 1 N–H and O–H groups in total. The summed E-state index contributed by atoms with van der Waals surface area (Å²) in [6.07, 6.45) is 2.21. The minimum absolute atomic E-state index is 0.208. The largest absolute Gasteiger partial charge is 0.459 e. The van der Waals surface area contributed by atoms with Gasteiger partial charge in [0.15, 0.2) is 5.76 Å². The van der Waals surface area contributed by atoms with Crippen molar-refractivity contribution in [3.8, 4) is 0 Å². The van der Waals surface area contributed by atoms with Crippen molar-refractivity contribution in [1.82, 2.24) is 0 Å². The van der Waals surface area contributed by atoms with Gasteiger partial charge in [-0.05, 0) is 54.4 Å². The quantitative estimate of drug-likeness (QED) is 0.669. The molecule has 7 heteroatoms. The van der Waals surface area contributed by atoms with Crippen LogP contribution in [0.25, 0.3) is 0 Å². The van der Waals surface area contributed by atoms with Crippen LogP contribution in [0, 0.1) is 0 Å². The number of furan rings is 1. The lowest BCUT2D eigenvalue weighted by Crippen LogP contribution is -2.28. The molecule has 0 spiro atoms. The fourth-order valence-electron chi connectivity index (χ4n) is 3.07. The van der Waals surface area contributed by atoms with Crippen LogP contribution in [0.4, 0.5) is 11.4 Å². The lowest BCUT2D eigenvalue weighted by Gasteiger charge is -2.17. The Morgan fingerprint density at radius 1 is 1.07 bits per heavy atom. The third kappa shape index (κ3) is 3.44. The van der Waals surface area contributed by atoms with Crippen molar-refractivity contribution in [1.29, 1.82) is 0 Å². The smallest absolute Gasteiger partial charge is 0.293 e. The molecular formula is C20H14Cl2N2O3. The van der Waals surface area contributed by atoms with Crippen LogP contribution in [0.1, 0.15) is 26.5 Å². The average Bonchev–Trinajstić information content (AvgIpc) is 3.32. The van der Waals surface area contributed by atoms with Gasteiger partial charge in [-0.3, -0.25) is 9.59 Å². The number of fused-ring (bicyclic) bond motifs is 1. The molecule has 1 aliphatic heterocycles. The van der Waals surface area contributed by atoms with E-state index in [1.807, 2.05) is 6.07 Å². The van der Waals surface area contributed by atoms with Gasteiger partial charge in [-0.1, -0.05) is 29.3 Å². The van der Waals surface area contributed by atoms with Crippen LogP contribution >= 0.6 is 23.2 Å². The second-order valence-electron chi connectivity index (χ2n) is 6.11. The van der Waals surface area contributed by atoms with E-state index in [0.29, 0.717) is 22.3 Å². The molecule has 0 saturated carbocycles. The van der Waals surface area contributed by atoms with Gasteiger partial charge in [0, 0.05) is 22.9 Å². The first-order valence-electron chi connectivity index (χ1n) is 8.27. The fraction of sp³-hybridized carbons (Fsp3) is 0.100. The van der Waals surface area contributed by atoms with Crippen molar-refractivity contribution in [2.45, 2.75) is 6.42 Å². The first-order valence-corrected chi connectivity index (χ1v) is 9.03. The predicted molar refractivity (Wildman–Crippen MR) is 105 cm³/mol. The summed E-state index contributed by atoms with van der Waals surface area (Å²) in [6, 6.07) is 13.5. The lowest BCUT2D eigenvalue weighted by molar-refractivity contribution is 0.0962. The van der Waals surface area contributed by atoms with Gasteiger partial charge < -0.3 is 14.6 Å². The molecule has 1 aromatic heterocycles. The average molecular weight is 401 g/mol. The van der Waals surface area contributed by atoms with Crippen LogP contribution in [-0.4, -0.2) is 18.4 Å². The molecule has 0 radical (unpaired) electrons. The zero-order valence-electron chi connectivity index (χ0n) is 14.0. The Bertz CT molecular complexity index is 1030. The molecule has 0 fully saturated rings. The number of hydrogen-bond donors (Lipinski definition) is 1. The van der Waals surface area contributed by atoms with Gasteiger partial charge in [0.1, 0.15) is 0 Å². The standard InChI is InChI=1S/C20H14Cl2N2O3/c21-13-4-6-16(22)15(10-13)19(25)23-14-5-3-12-7-8-24(17(12)11-14)20(26)18-2-1-9-27-18/h1-6,9-11H,7-8H2,(H,23,25). The second-order valence-corrected chi connectivity index (χ2v) is 6.95. The normalized spacial score (nSPS) is 12.7. The van der Waals surface area contributed by atoms with E-state index >= 15 is 0 Å². The summed E-state index contributed by atoms with van der Waals surface area (Å²) in [5, 5.41) is 3.54. The molecule has 0 unspecified atom stereocenters. The Balaban J connectivity index is 1.59. The minimum Gasteiger partial charge on any atom is -0.459 e. The van der Waals surface area contributed by atoms with Crippen molar-refractivity contribution >= 4 is 46.4 Å². The Morgan fingerprint density at radius 2 is 1.93 bits per heavy atom. The number of anilines is 2. The number of hydrogen-bond acceptors (Lipinski definition) is 3. The molecule has 2 heterocycles. The Labute approximate surface area is 165 Å². The highest BCUT2D eigenvalue weighted by atomic mass is 35.5. The number of benzene rings is 2. The number of amides is 2. The van der Waals surface area contributed by atoms with Crippen LogP contribution < -0.4 is 10.2 Å². The van der Waals surface area contributed by atoms with E-state index in [-0.39, 0.29) is 23.1 Å². The van der Waals surface area contributed by atoms with E-state index < -0.39 is 0 Å². The van der Waals surface area contributed by atoms with Crippen molar-refractivity contribution in [2.75, 3.05) is 16.8 Å². The van der Waals surface area contributed by atoms with E-state index in [2.05, 4.69) is 5.32 Å². The van der Waals surface area contributed by atoms with Gasteiger partial charge in [0.25, 0.3) is 11.8 Å². The first-order chi connectivity index (χ1) is 13.0. The Hall–Kier alpha value is -2.76. The molecule has 27 heavy (non-hydrogen) atoms. The van der Waals surface area contributed by atoms with Gasteiger partial charge in [-0.25, -0.2) is 0 Å². The summed E-state index contributed by atoms with van der Waals surface area (Å²) >= 11 is 12.0. The lowest BCUT2D eigenvalue weighted by atomic mass is 10.1. The number of carbonyl (C=O) groups is 2. The fourth-order valence-corrected chi connectivity index (χ4v) is 3.45. The third-order valence-corrected chi connectivity index (χ3v) is 4.95. The summed E-state index contributed by atoms with van der Waals surface area (Å²) in [6.45, 7) is 0.562. The number of halogens is 2. The van der Waals surface area contributed by atoms with Crippen LogP contribution in [0.15, 0.2) is 59.2 Å². The van der Waals surface area contributed by atoms with E-state index in [9.17, 15) is 9.59 Å². The van der Waals surface area contributed by atoms with Crippen LogP contribution in [0.2, 0.25) is 10.0 Å². The molecule has 0 bridgehead atoms. The Kier molecular flexibility index (Phi) is 4.64. The predicted octanol–water partition coefficient (Wildman–Crippen LogP) is 5.04. The van der Waals surface area contributed by atoms with Crippen molar-refractivity contribution < 1.29 is 14.0 Å². The number of nitrogens with zero attached hydrogens (tertiary/aromatic N) is 1. The maximum absolute atomic E-state index is 12.6. The molecular weight excluding hydrogens is 387 g/mol. The SMILES string of the molecule is O=C(Nc1ccc2c(c1)N(C(=O)c1ccco1)CC2)c1cc(Cl)ccc1Cl. The zero-order chi connectivity index (χ0) is 19.0. The summed E-state index contributed by atoms with van der Waals surface area (Å²) in [5.74, 6) is -0.299. The van der Waals surface area contributed by atoms with E-state index in [0.717, 1.165) is 17.7 Å². The molecule has 3 aromatic rings. The van der Waals surface area contributed by atoms with Gasteiger partial charge in [-0.15, -0.1) is 0 Å². The second kappa shape index (κ2) is 7.10. The number of rotatable bonds is 3. The van der Waals surface area contributed by atoms with Crippen molar-refractivity contribution in [3.63, 3.8) is 0 Å². The highest BCUT2D eigenvalue weighted by Gasteiger charge is 2.27. The highest BCUT2D eigenvalue weighted by molar-refractivity contribution is 6.36. The number of carbonyl (C=O) groups excluding carboxylic acids is 2. The van der Waals surface area contributed by atoms with Gasteiger partial charge >= 0.3 is 0 Å². The Morgan fingerprint density at radius 3 is 2.70 bits per heavy atom. The van der Waals surface area contributed by atoms with Crippen LogP contribution in [0.5, 0.6) is 0 Å². The molecule has 1 aliphatic rings. The molecule has 0 atom stereocenters. The molecule has 4 rings (SSSR count). The van der Waals surface area contributed by atoms with E-state index in [4.69, 9.17) is 27.6 Å². The summed E-state index contributed by atoms with van der Waals surface area (Å²) < 4.78 is 5.21.